The van der Waals surface area contributed by atoms with Crippen molar-refractivity contribution in [2.24, 2.45) is 10.2 Å². The van der Waals surface area contributed by atoms with Gasteiger partial charge in [0, 0.05) is 38.0 Å². The summed E-state index contributed by atoms with van der Waals surface area (Å²) in [6.45, 7) is 6.04. The van der Waals surface area contributed by atoms with Crippen molar-refractivity contribution in [2.75, 3.05) is 13.6 Å². The maximum absolute atomic E-state index is 13.1. The molecule has 1 amide bonds. The van der Waals surface area contributed by atoms with Crippen molar-refractivity contribution >= 4 is 18.0 Å². The summed E-state index contributed by atoms with van der Waals surface area (Å²) >= 11 is 0. The highest BCUT2D eigenvalue weighted by Gasteiger charge is 2.34. The standard InChI is InChI=1S/C28H34N4O3/c1-4-24(31-35)14-10-7-11-15-26(32(3)22-29-5-2)27(34)30-21-20-28(18-16-25(33)17-19-28)23-12-8-6-9-13-23/h4,6-10,12-15,20-22H,1,5,11,16-19H2,2-3H3,(H,30,34)/b10-7-,21-20+,24-14+,26-15-,29-22?. The molecule has 0 aromatic heterocycles. The molecule has 1 aromatic rings. The van der Waals surface area contributed by atoms with Crippen LogP contribution in [0.2, 0.25) is 0 Å². The molecule has 0 radical (unpaired) electrons. The molecule has 0 saturated heterocycles. The van der Waals surface area contributed by atoms with Gasteiger partial charge in [0.25, 0.3) is 5.91 Å². The number of nitrogens with zero attached hydrogens (tertiary/aromatic N) is 3. The number of nitrogens with one attached hydrogen (secondary N) is 1. The first-order chi connectivity index (χ1) is 17.0. The van der Waals surface area contributed by atoms with Crippen LogP contribution in [0.15, 0.2) is 101 Å². The van der Waals surface area contributed by atoms with E-state index in [1.807, 2.05) is 37.3 Å². The molecule has 1 aliphatic carbocycles. The zero-order valence-corrected chi connectivity index (χ0v) is 20.5. The van der Waals surface area contributed by atoms with E-state index in [2.05, 4.69) is 34.2 Å². The van der Waals surface area contributed by atoms with E-state index in [0.29, 0.717) is 44.3 Å². The first kappa shape index (κ1) is 27.4. The SMILES string of the molecule is C=C/C(=C\C=C/C/C=C(/C(=O)N/C=C/C1(c2ccccc2)CCC(=O)CC1)N(C)C=NCC)N=O. The number of carbonyl (C=O) groups is 2. The van der Waals surface area contributed by atoms with E-state index in [1.165, 1.54) is 6.08 Å². The van der Waals surface area contributed by atoms with Crippen molar-refractivity contribution in [3.05, 3.63) is 101 Å². The number of aliphatic imine (C=N–C) groups is 1. The molecule has 2 rings (SSSR count). The highest BCUT2D eigenvalue weighted by molar-refractivity contribution is 5.95. The summed E-state index contributed by atoms with van der Waals surface area (Å²) in [5.74, 6) is 0.00904. The van der Waals surface area contributed by atoms with E-state index in [4.69, 9.17) is 0 Å². The van der Waals surface area contributed by atoms with Gasteiger partial charge in [0.2, 0.25) is 0 Å². The molecule has 0 unspecified atom stereocenters. The molecule has 7 heteroatoms. The molecule has 1 N–H and O–H groups in total. The Bertz CT molecular complexity index is 1020. The normalized spacial score (nSPS) is 16.7. The first-order valence-electron chi connectivity index (χ1n) is 11.8. The number of ketones is 1. The largest absolute Gasteiger partial charge is 0.332 e. The lowest BCUT2D eigenvalue weighted by molar-refractivity contribution is -0.121. The van der Waals surface area contributed by atoms with Gasteiger partial charge in [0.05, 0.1) is 6.34 Å². The highest BCUT2D eigenvalue weighted by atomic mass is 16.3. The Morgan fingerprint density at radius 2 is 1.94 bits per heavy atom. The zero-order valence-electron chi connectivity index (χ0n) is 20.5. The second-order valence-corrected chi connectivity index (χ2v) is 8.23. The average Bonchev–Trinajstić information content (AvgIpc) is 2.88. The zero-order chi connectivity index (χ0) is 25.5. The van der Waals surface area contributed by atoms with Crippen molar-refractivity contribution < 1.29 is 9.59 Å². The molecular weight excluding hydrogens is 440 g/mol. The van der Waals surface area contributed by atoms with Crippen LogP contribution >= 0.6 is 0 Å². The lowest BCUT2D eigenvalue weighted by atomic mass is 9.69. The minimum atomic E-state index is -0.285. The molecule has 0 spiro atoms. The van der Waals surface area contributed by atoms with Crippen molar-refractivity contribution in [3.8, 4) is 0 Å². The number of carbonyl (C=O) groups excluding carboxylic acids is 2. The lowest BCUT2D eigenvalue weighted by Gasteiger charge is -2.34. The molecule has 184 valence electrons. The lowest BCUT2D eigenvalue weighted by Crippen LogP contribution is -2.32. The molecular formula is C28H34N4O3. The van der Waals surface area contributed by atoms with Crippen molar-refractivity contribution in [3.63, 3.8) is 0 Å². The molecule has 0 heterocycles. The molecule has 0 aliphatic heterocycles. The van der Waals surface area contributed by atoms with Crippen LogP contribution in [-0.4, -0.2) is 36.5 Å². The molecule has 7 nitrogen and oxygen atoms in total. The molecule has 0 atom stereocenters. The molecule has 1 fully saturated rings. The van der Waals surface area contributed by atoms with Crippen LogP contribution in [0.4, 0.5) is 0 Å². The fourth-order valence-corrected chi connectivity index (χ4v) is 3.87. The van der Waals surface area contributed by atoms with Crippen LogP contribution in [0.5, 0.6) is 0 Å². The van der Waals surface area contributed by atoms with Gasteiger partial charge in [-0.25, -0.2) is 0 Å². The van der Waals surface area contributed by atoms with Crippen molar-refractivity contribution in [2.45, 2.75) is 44.4 Å². The number of benzene rings is 1. The summed E-state index contributed by atoms with van der Waals surface area (Å²) in [4.78, 5) is 41.4. The van der Waals surface area contributed by atoms with Gasteiger partial charge in [0.15, 0.2) is 0 Å². The predicted molar refractivity (Wildman–Crippen MR) is 142 cm³/mol. The van der Waals surface area contributed by atoms with Gasteiger partial charge in [-0.3, -0.25) is 14.6 Å². The van der Waals surface area contributed by atoms with Crippen molar-refractivity contribution in [1.82, 2.24) is 10.2 Å². The van der Waals surface area contributed by atoms with Crippen LogP contribution in [0.1, 0.15) is 44.6 Å². The summed E-state index contributed by atoms with van der Waals surface area (Å²) in [6, 6.07) is 10.1. The van der Waals surface area contributed by atoms with Gasteiger partial charge < -0.3 is 10.2 Å². The Morgan fingerprint density at radius 1 is 1.23 bits per heavy atom. The third-order valence-corrected chi connectivity index (χ3v) is 5.88. The average molecular weight is 475 g/mol. The van der Waals surface area contributed by atoms with E-state index >= 15 is 0 Å². The van der Waals surface area contributed by atoms with Crippen LogP contribution in [0, 0.1) is 4.91 Å². The highest BCUT2D eigenvalue weighted by Crippen LogP contribution is 2.39. The Kier molecular flexibility index (Phi) is 11.3. The second-order valence-electron chi connectivity index (χ2n) is 8.23. The van der Waals surface area contributed by atoms with E-state index in [-0.39, 0.29) is 22.8 Å². The fourth-order valence-electron chi connectivity index (χ4n) is 3.87. The summed E-state index contributed by atoms with van der Waals surface area (Å²) in [7, 11) is 1.77. The van der Waals surface area contributed by atoms with Gasteiger partial charge in [-0.15, -0.1) is 4.91 Å². The van der Waals surface area contributed by atoms with Crippen molar-refractivity contribution in [1.29, 1.82) is 0 Å². The first-order valence-corrected chi connectivity index (χ1v) is 11.8. The number of hydrogen-bond donors (Lipinski definition) is 1. The Labute approximate surface area is 207 Å². The van der Waals surface area contributed by atoms with Crippen LogP contribution in [0.3, 0.4) is 0 Å². The third-order valence-electron chi connectivity index (χ3n) is 5.88. The maximum atomic E-state index is 13.1. The van der Waals surface area contributed by atoms with E-state index < -0.39 is 0 Å². The van der Waals surface area contributed by atoms with Crippen LogP contribution in [-0.2, 0) is 15.0 Å². The molecule has 1 aliphatic rings. The fraction of sp³-hybridized carbons (Fsp3) is 0.321. The topological polar surface area (TPSA) is 91.2 Å². The number of hydrogen-bond acceptors (Lipinski definition) is 5. The van der Waals surface area contributed by atoms with Gasteiger partial charge in [-0.05, 0) is 49.1 Å². The smallest absolute Gasteiger partial charge is 0.271 e. The summed E-state index contributed by atoms with van der Waals surface area (Å²) in [5, 5.41) is 5.73. The van der Waals surface area contributed by atoms with Gasteiger partial charge in [-0.1, -0.05) is 61.2 Å². The number of rotatable bonds is 12. The van der Waals surface area contributed by atoms with E-state index in [9.17, 15) is 14.5 Å². The Balaban J connectivity index is 2.19. The molecule has 1 aromatic carbocycles. The number of amides is 1. The number of likely N-dealkylation sites (N-methyl/N-ethyl adjacent to an activating group) is 1. The monoisotopic (exact) mass is 474 g/mol. The quantitative estimate of drug-likeness (QED) is 0.145. The number of Topliss-reactive ketones (excluding diaryl/α,β-unsaturated/α-hetero) is 1. The van der Waals surface area contributed by atoms with Gasteiger partial charge >= 0.3 is 0 Å². The van der Waals surface area contributed by atoms with E-state index in [1.54, 1.807) is 42.7 Å². The number of nitroso groups, excluding NO2 is 1. The predicted octanol–water partition coefficient (Wildman–Crippen LogP) is 5.34. The Morgan fingerprint density at radius 3 is 2.57 bits per heavy atom. The van der Waals surface area contributed by atoms with Crippen LogP contribution < -0.4 is 5.32 Å². The number of allylic oxidation sites excluding steroid dienone is 6. The summed E-state index contributed by atoms with van der Waals surface area (Å²) in [6.07, 6.45) is 16.5. The maximum Gasteiger partial charge on any atom is 0.271 e. The molecule has 35 heavy (non-hydrogen) atoms. The second kappa shape index (κ2) is 14.4. The van der Waals surface area contributed by atoms with Gasteiger partial charge in [-0.2, -0.15) is 0 Å². The van der Waals surface area contributed by atoms with Crippen LogP contribution in [0.25, 0.3) is 0 Å². The summed E-state index contributed by atoms with van der Waals surface area (Å²) < 4.78 is 0. The minimum absolute atomic E-state index is 0.234. The minimum Gasteiger partial charge on any atom is -0.332 e. The van der Waals surface area contributed by atoms with E-state index in [0.717, 1.165) is 5.56 Å². The van der Waals surface area contributed by atoms with Gasteiger partial charge in [0.1, 0.15) is 17.2 Å². The summed E-state index contributed by atoms with van der Waals surface area (Å²) in [5.41, 5.74) is 1.53. The Hall–Kier alpha value is -3.87. The molecule has 1 saturated carbocycles. The third kappa shape index (κ3) is 8.45. The molecule has 0 bridgehead atoms.